The zero-order valence-corrected chi connectivity index (χ0v) is 15.5. The molecule has 0 fully saturated rings. The molecular formula is C18H17ClO3S2. The minimum atomic E-state index is -3.62. The Morgan fingerprint density at radius 2 is 1.79 bits per heavy atom. The summed E-state index contributed by atoms with van der Waals surface area (Å²) in [5.41, 5.74) is 0.786. The summed E-state index contributed by atoms with van der Waals surface area (Å²) in [4.78, 5) is 0.582. The minimum absolute atomic E-state index is 0.132. The highest BCUT2D eigenvalue weighted by Gasteiger charge is 2.35. The molecule has 0 bridgehead atoms. The van der Waals surface area contributed by atoms with Crippen molar-refractivity contribution in [2.24, 2.45) is 0 Å². The van der Waals surface area contributed by atoms with Crippen LogP contribution in [0.3, 0.4) is 0 Å². The van der Waals surface area contributed by atoms with Crippen molar-refractivity contribution in [1.29, 1.82) is 0 Å². The molecule has 0 amide bonds. The van der Waals surface area contributed by atoms with Gasteiger partial charge in [-0.2, -0.15) is 11.8 Å². The van der Waals surface area contributed by atoms with Crippen LogP contribution in [-0.2, 0) is 14.6 Å². The molecule has 0 radical (unpaired) electrons. The fourth-order valence-electron chi connectivity index (χ4n) is 2.66. The lowest BCUT2D eigenvalue weighted by atomic mass is 10.2. The van der Waals surface area contributed by atoms with Gasteiger partial charge in [-0.05, 0) is 30.5 Å². The molecule has 1 aliphatic rings. The number of ether oxygens (including phenoxy) is 1. The number of sulfone groups is 1. The van der Waals surface area contributed by atoms with Crippen molar-refractivity contribution in [2.75, 3.05) is 12.0 Å². The average molecular weight is 381 g/mol. The van der Waals surface area contributed by atoms with E-state index in [1.807, 2.05) is 36.6 Å². The third-order valence-electron chi connectivity index (χ3n) is 3.79. The van der Waals surface area contributed by atoms with E-state index in [0.29, 0.717) is 22.1 Å². The molecule has 1 heterocycles. The molecule has 126 valence electrons. The highest BCUT2D eigenvalue weighted by Crippen LogP contribution is 2.39. The molecular weight excluding hydrogens is 364 g/mol. The molecule has 1 aliphatic heterocycles. The van der Waals surface area contributed by atoms with E-state index in [1.165, 1.54) is 12.1 Å². The van der Waals surface area contributed by atoms with E-state index in [0.717, 1.165) is 11.3 Å². The first-order chi connectivity index (χ1) is 11.5. The van der Waals surface area contributed by atoms with Gasteiger partial charge >= 0.3 is 0 Å². The standard InChI is InChI=1S/C18H17ClO3S2/c1-23-12-15-11-17(18(22-15)13-5-3-2-4-6-13)24(20,21)16-9-7-14(19)8-10-16/h2-10,15H,11-12H2,1H3. The van der Waals surface area contributed by atoms with Crippen molar-refractivity contribution in [3.8, 4) is 0 Å². The fraction of sp³-hybridized carbons (Fsp3) is 0.222. The van der Waals surface area contributed by atoms with Crippen LogP contribution in [-0.4, -0.2) is 26.5 Å². The highest BCUT2D eigenvalue weighted by molar-refractivity contribution is 7.98. The summed E-state index contributed by atoms with van der Waals surface area (Å²) in [7, 11) is -3.62. The Balaban J connectivity index is 2.07. The summed E-state index contributed by atoms with van der Waals surface area (Å²) in [5, 5.41) is 0.508. The summed E-state index contributed by atoms with van der Waals surface area (Å²) in [6.45, 7) is 0. The summed E-state index contributed by atoms with van der Waals surface area (Å²) in [6.07, 6.45) is 2.24. The molecule has 0 saturated heterocycles. The Bertz CT molecular complexity index is 844. The quantitative estimate of drug-likeness (QED) is 0.758. The topological polar surface area (TPSA) is 43.4 Å². The van der Waals surface area contributed by atoms with E-state index >= 15 is 0 Å². The lowest BCUT2D eigenvalue weighted by Gasteiger charge is -2.11. The summed E-state index contributed by atoms with van der Waals surface area (Å²) in [6, 6.07) is 15.6. The first-order valence-electron chi connectivity index (χ1n) is 7.47. The normalized spacial score (nSPS) is 17.8. The maximum atomic E-state index is 13.1. The molecule has 6 heteroatoms. The maximum Gasteiger partial charge on any atom is 0.206 e. The molecule has 2 aromatic carbocycles. The van der Waals surface area contributed by atoms with Gasteiger partial charge in [0.1, 0.15) is 11.9 Å². The zero-order chi connectivity index (χ0) is 17.2. The molecule has 1 atom stereocenters. The van der Waals surface area contributed by atoms with E-state index in [4.69, 9.17) is 16.3 Å². The van der Waals surface area contributed by atoms with Crippen molar-refractivity contribution in [3.63, 3.8) is 0 Å². The molecule has 24 heavy (non-hydrogen) atoms. The maximum absolute atomic E-state index is 13.1. The van der Waals surface area contributed by atoms with E-state index < -0.39 is 9.84 Å². The van der Waals surface area contributed by atoms with Crippen LogP contribution in [0, 0.1) is 0 Å². The average Bonchev–Trinajstić information content (AvgIpc) is 3.01. The smallest absolute Gasteiger partial charge is 0.206 e. The van der Waals surface area contributed by atoms with Gasteiger partial charge in [0, 0.05) is 22.8 Å². The van der Waals surface area contributed by atoms with Crippen molar-refractivity contribution in [2.45, 2.75) is 17.4 Å². The third kappa shape index (κ3) is 3.48. The number of hydrogen-bond donors (Lipinski definition) is 0. The molecule has 2 aromatic rings. The molecule has 0 N–H and O–H groups in total. The first kappa shape index (κ1) is 17.4. The van der Waals surface area contributed by atoms with Crippen molar-refractivity contribution >= 4 is 39.0 Å². The molecule has 0 aromatic heterocycles. The lowest BCUT2D eigenvalue weighted by Crippen LogP contribution is -2.11. The van der Waals surface area contributed by atoms with Gasteiger partial charge in [-0.3, -0.25) is 0 Å². The Hall–Kier alpha value is -1.43. The Labute approximate surface area is 151 Å². The number of benzene rings is 2. The zero-order valence-electron chi connectivity index (χ0n) is 13.1. The van der Waals surface area contributed by atoms with Crippen molar-refractivity contribution < 1.29 is 13.2 Å². The Morgan fingerprint density at radius 3 is 2.42 bits per heavy atom. The molecule has 0 spiro atoms. The Morgan fingerprint density at radius 1 is 1.12 bits per heavy atom. The van der Waals surface area contributed by atoms with E-state index in [-0.39, 0.29) is 11.0 Å². The van der Waals surface area contributed by atoms with Crippen LogP contribution in [0.15, 0.2) is 64.4 Å². The van der Waals surface area contributed by atoms with Crippen LogP contribution in [0.1, 0.15) is 12.0 Å². The van der Waals surface area contributed by atoms with Crippen molar-refractivity contribution in [3.05, 3.63) is 70.1 Å². The lowest BCUT2D eigenvalue weighted by molar-refractivity contribution is 0.215. The van der Waals surface area contributed by atoms with Gasteiger partial charge in [-0.25, -0.2) is 8.42 Å². The third-order valence-corrected chi connectivity index (χ3v) is 6.64. The summed E-state index contributed by atoms with van der Waals surface area (Å²) < 4.78 is 32.2. The summed E-state index contributed by atoms with van der Waals surface area (Å²) >= 11 is 7.52. The van der Waals surface area contributed by atoms with Gasteiger partial charge in [0.25, 0.3) is 0 Å². The second kappa shape index (κ2) is 7.21. The van der Waals surface area contributed by atoms with Crippen LogP contribution in [0.25, 0.3) is 5.76 Å². The molecule has 3 rings (SSSR count). The van der Waals surface area contributed by atoms with E-state index in [9.17, 15) is 8.42 Å². The highest BCUT2D eigenvalue weighted by atomic mass is 35.5. The molecule has 3 nitrogen and oxygen atoms in total. The predicted molar refractivity (Wildman–Crippen MR) is 99.9 cm³/mol. The monoisotopic (exact) mass is 380 g/mol. The molecule has 0 saturated carbocycles. The van der Waals surface area contributed by atoms with Crippen LogP contribution in [0.5, 0.6) is 0 Å². The Kier molecular flexibility index (Phi) is 5.23. The number of hydrogen-bond acceptors (Lipinski definition) is 4. The van der Waals surface area contributed by atoms with Gasteiger partial charge in [-0.1, -0.05) is 41.9 Å². The van der Waals surface area contributed by atoms with Crippen molar-refractivity contribution in [1.82, 2.24) is 0 Å². The van der Waals surface area contributed by atoms with Gasteiger partial charge in [-0.15, -0.1) is 0 Å². The largest absolute Gasteiger partial charge is 0.488 e. The number of thioether (sulfide) groups is 1. The minimum Gasteiger partial charge on any atom is -0.488 e. The van der Waals surface area contributed by atoms with Crippen LogP contribution in [0.4, 0.5) is 0 Å². The van der Waals surface area contributed by atoms with Gasteiger partial charge in [0.05, 0.1) is 9.80 Å². The second-order valence-corrected chi connectivity index (χ2v) is 8.79. The van der Waals surface area contributed by atoms with E-state index in [2.05, 4.69) is 0 Å². The first-order valence-corrected chi connectivity index (χ1v) is 10.7. The molecule has 0 aliphatic carbocycles. The van der Waals surface area contributed by atoms with Crippen LogP contribution >= 0.6 is 23.4 Å². The number of halogens is 1. The van der Waals surface area contributed by atoms with Gasteiger partial charge in [0.15, 0.2) is 0 Å². The fourth-order valence-corrected chi connectivity index (χ4v) is 4.94. The second-order valence-electron chi connectivity index (χ2n) is 5.48. The molecule has 1 unspecified atom stereocenters. The number of rotatable bonds is 5. The van der Waals surface area contributed by atoms with Crippen LogP contribution in [0.2, 0.25) is 5.02 Å². The summed E-state index contributed by atoms with van der Waals surface area (Å²) in [5.74, 6) is 1.21. The predicted octanol–water partition coefficient (Wildman–Crippen LogP) is 4.63. The van der Waals surface area contributed by atoms with Gasteiger partial charge in [0.2, 0.25) is 9.84 Å². The van der Waals surface area contributed by atoms with E-state index in [1.54, 1.807) is 23.9 Å². The van der Waals surface area contributed by atoms with Crippen LogP contribution < -0.4 is 0 Å². The van der Waals surface area contributed by atoms with Gasteiger partial charge < -0.3 is 4.74 Å². The SMILES string of the molecule is CSCC1CC(S(=O)(=O)c2ccc(Cl)cc2)=C(c2ccccc2)O1.